The molecule has 1 fully saturated rings. The molecule has 2 unspecified atom stereocenters. The van der Waals surface area contributed by atoms with Crippen molar-refractivity contribution in [3.63, 3.8) is 0 Å². The molecule has 3 aliphatic rings. The van der Waals surface area contributed by atoms with Crippen LogP contribution in [0.2, 0.25) is 0 Å². The van der Waals surface area contributed by atoms with Crippen molar-refractivity contribution >= 4 is 29.1 Å². The number of amides is 3. The van der Waals surface area contributed by atoms with Gasteiger partial charge in [0, 0.05) is 23.7 Å². The first kappa shape index (κ1) is 18.4. The number of allylic oxidation sites excluding steroid dienone is 1. The van der Waals surface area contributed by atoms with E-state index < -0.39 is 17.2 Å². The number of fused-ring (bicyclic) bond motifs is 1. The van der Waals surface area contributed by atoms with Gasteiger partial charge in [0.15, 0.2) is 0 Å². The fourth-order valence-electron chi connectivity index (χ4n) is 4.64. The van der Waals surface area contributed by atoms with Crippen LogP contribution in [0.15, 0.2) is 35.0 Å². The Labute approximate surface area is 163 Å². The third-order valence-electron chi connectivity index (χ3n) is 6.38. The predicted octanol–water partition coefficient (Wildman–Crippen LogP) is 1.63. The molecule has 4 atom stereocenters. The van der Waals surface area contributed by atoms with Crippen LogP contribution in [0, 0.1) is 17.3 Å². The second-order valence-electron chi connectivity index (χ2n) is 8.21. The summed E-state index contributed by atoms with van der Waals surface area (Å²) in [5.41, 5.74) is 13.9. The monoisotopic (exact) mass is 380 g/mol. The Morgan fingerprint density at radius 2 is 2.04 bits per heavy atom. The highest BCUT2D eigenvalue weighted by molar-refractivity contribution is 6.39. The standard InChI is InChI=1S/C21H24N4O3/c1-10-6-14(10)21(20(23)28)8-16(24-17(9-21)19(22)27)11(2)12-4-3-5-15-13(12)7-18(26)25-15/h3-5,8,10-11,14H,6-7,9H2,1-2H3,(H2,22,27)(H2,23,28)(H,25,26)/t10-,11?,14-,21?/m0/s1. The Kier molecular flexibility index (Phi) is 4.14. The summed E-state index contributed by atoms with van der Waals surface area (Å²) in [5.74, 6) is -0.906. The molecule has 0 aromatic heterocycles. The lowest BCUT2D eigenvalue weighted by Gasteiger charge is -2.33. The highest BCUT2D eigenvalue weighted by Crippen LogP contribution is 2.55. The molecule has 4 rings (SSSR count). The number of hydrogen-bond donors (Lipinski definition) is 3. The smallest absolute Gasteiger partial charge is 0.263 e. The van der Waals surface area contributed by atoms with Gasteiger partial charge in [-0.3, -0.25) is 19.4 Å². The third-order valence-corrected chi connectivity index (χ3v) is 6.38. The molecule has 0 radical (unpaired) electrons. The number of benzene rings is 1. The van der Waals surface area contributed by atoms with Crippen LogP contribution in [0.4, 0.5) is 5.69 Å². The minimum atomic E-state index is -0.943. The molecular weight excluding hydrogens is 356 g/mol. The summed E-state index contributed by atoms with van der Waals surface area (Å²) in [6, 6.07) is 5.69. The van der Waals surface area contributed by atoms with Gasteiger partial charge in [0.25, 0.3) is 5.91 Å². The zero-order valence-corrected chi connectivity index (χ0v) is 16.0. The Morgan fingerprint density at radius 3 is 2.64 bits per heavy atom. The van der Waals surface area contributed by atoms with Gasteiger partial charge in [-0.2, -0.15) is 0 Å². The number of rotatable bonds is 5. The molecular formula is C21H24N4O3. The molecule has 7 nitrogen and oxygen atoms in total. The van der Waals surface area contributed by atoms with E-state index >= 15 is 0 Å². The topological polar surface area (TPSA) is 128 Å². The van der Waals surface area contributed by atoms with E-state index in [1.54, 1.807) is 0 Å². The third kappa shape index (κ3) is 2.82. The van der Waals surface area contributed by atoms with E-state index in [9.17, 15) is 14.4 Å². The lowest BCUT2D eigenvalue weighted by molar-refractivity contribution is -0.126. The molecule has 2 aliphatic heterocycles. The van der Waals surface area contributed by atoms with E-state index in [1.807, 2.05) is 31.2 Å². The van der Waals surface area contributed by atoms with Crippen molar-refractivity contribution in [1.29, 1.82) is 0 Å². The molecule has 1 aromatic carbocycles. The fourth-order valence-corrected chi connectivity index (χ4v) is 4.64. The van der Waals surface area contributed by atoms with Crippen LogP contribution in [0.25, 0.3) is 0 Å². The SMILES string of the molecule is CC(C1=CC(C(N)=O)([C@H]2C[C@@H]2C)CC(C(N)=O)=N1)c1cccc2c1CC(=O)N2. The molecule has 0 spiro atoms. The van der Waals surface area contributed by atoms with Gasteiger partial charge in [-0.05, 0) is 41.5 Å². The van der Waals surface area contributed by atoms with Gasteiger partial charge in [0.1, 0.15) is 5.71 Å². The van der Waals surface area contributed by atoms with Gasteiger partial charge < -0.3 is 16.8 Å². The summed E-state index contributed by atoms with van der Waals surface area (Å²) in [4.78, 5) is 40.9. The lowest BCUT2D eigenvalue weighted by Crippen LogP contribution is -2.44. The van der Waals surface area contributed by atoms with Crippen molar-refractivity contribution in [2.45, 2.75) is 39.0 Å². The van der Waals surface area contributed by atoms with E-state index in [2.05, 4.69) is 17.2 Å². The van der Waals surface area contributed by atoms with Crippen molar-refractivity contribution < 1.29 is 14.4 Å². The Hall–Kier alpha value is -2.96. The normalized spacial score (nSPS) is 29.3. The number of primary amides is 2. The number of aliphatic imine (C=N–C) groups is 1. The molecule has 1 aliphatic carbocycles. The van der Waals surface area contributed by atoms with Crippen molar-refractivity contribution in [2.75, 3.05) is 5.32 Å². The van der Waals surface area contributed by atoms with E-state index in [1.165, 1.54) is 0 Å². The van der Waals surface area contributed by atoms with Crippen LogP contribution < -0.4 is 16.8 Å². The number of nitrogens with one attached hydrogen (secondary N) is 1. The summed E-state index contributed by atoms with van der Waals surface area (Å²) in [6.45, 7) is 4.03. The number of anilines is 1. The quantitative estimate of drug-likeness (QED) is 0.718. The van der Waals surface area contributed by atoms with Gasteiger partial charge >= 0.3 is 0 Å². The van der Waals surface area contributed by atoms with Crippen LogP contribution in [0.5, 0.6) is 0 Å². The molecule has 7 heteroatoms. The molecule has 5 N–H and O–H groups in total. The van der Waals surface area contributed by atoms with Gasteiger partial charge in [-0.25, -0.2) is 0 Å². The summed E-state index contributed by atoms with van der Waals surface area (Å²) < 4.78 is 0. The predicted molar refractivity (Wildman–Crippen MR) is 105 cm³/mol. The molecule has 146 valence electrons. The maximum atomic E-state index is 12.5. The number of nitrogens with two attached hydrogens (primary N) is 2. The Morgan fingerprint density at radius 1 is 1.32 bits per heavy atom. The Balaban J connectivity index is 1.81. The number of hydrogen-bond acceptors (Lipinski definition) is 4. The second kappa shape index (κ2) is 6.29. The van der Waals surface area contributed by atoms with Crippen LogP contribution in [0.3, 0.4) is 0 Å². The van der Waals surface area contributed by atoms with Crippen molar-refractivity contribution in [3.05, 3.63) is 41.1 Å². The van der Waals surface area contributed by atoms with Crippen molar-refractivity contribution in [3.8, 4) is 0 Å². The summed E-state index contributed by atoms with van der Waals surface area (Å²) in [6.07, 6.45) is 3.18. The second-order valence-corrected chi connectivity index (χ2v) is 8.21. The molecule has 1 saturated carbocycles. The summed E-state index contributed by atoms with van der Waals surface area (Å²) in [7, 11) is 0. The first-order chi connectivity index (χ1) is 13.2. The summed E-state index contributed by atoms with van der Waals surface area (Å²) in [5, 5.41) is 2.85. The van der Waals surface area contributed by atoms with Gasteiger partial charge in [0.05, 0.1) is 11.8 Å². The van der Waals surface area contributed by atoms with Crippen LogP contribution in [0.1, 0.15) is 43.7 Å². The average molecular weight is 380 g/mol. The minimum absolute atomic E-state index is 0.0492. The average Bonchev–Trinajstić information content (AvgIpc) is 3.26. The zero-order valence-electron chi connectivity index (χ0n) is 16.0. The highest BCUT2D eigenvalue weighted by Gasteiger charge is 2.55. The van der Waals surface area contributed by atoms with Crippen LogP contribution in [-0.4, -0.2) is 23.4 Å². The van der Waals surface area contributed by atoms with E-state index in [0.717, 1.165) is 23.2 Å². The first-order valence-electron chi connectivity index (χ1n) is 9.54. The van der Waals surface area contributed by atoms with E-state index in [-0.39, 0.29) is 29.9 Å². The summed E-state index contributed by atoms with van der Waals surface area (Å²) >= 11 is 0. The number of carbonyl (C=O) groups excluding carboxylic acids is 3. The highest BCUT2D eigenvalue weighted by atomic mass is 16.2. The minimum Gasteiger partial charge on any atom is -0.369 e. The molecule has 0 bridgehead atoms. The van der Waals surface area contributed by atoms with E-state index in [0.29, 0.717) is 18.0 Å². The fraction of sp³-hybridized carbons (Fsp3) is 0.429. The largest absolute Gasteiger partial charge is 0.369 e. The molecule has 3 amide bonds. The van der Waals surface area contributed by atoms with Gasteiger partial charge in [0.2, 0.25) is 11.8 Å². The van der Waals surface area contributed by atoms with E-state index in [4.69, 9.17) is 11.5 Å². The number of nitrogens with zero attached hydrogens (tertiary/aromatic N) is 1. The van der Waals surface area contributed by atoms with Crippen LogP contribution in [-0.2, 0) is 20.8 Å². The van der Waals surface area contributed by atoms with Crippen molar-refractivity contribution in [2.24, 2.45) is 33.7 Å². The van der Waals surface area contributed by atoms with Crippen LogP contribution >= 0.6 is 0 Å². The molecule has 1 aromatic rings. The first-order valence-corrected chi connectivity index (χ1v) is 9.54. The molecule has 2 heterocycles. The van der Waals surface area contributed by atoms with Gasteiger partial charge in [-0.15, -0.1) is 0 Å². The zero-order chi connectivity index (χ0) is 20.2. The van der Waals surface area contributed by atoms with Gasteiger partial charge in [-0.1, -0.05) is 26.0 Å². The maximum absolute atomic E-state index is 12.5. The molecule has 0 saturated heterocycles. The van der Waals surface area contributed by atoms with Crippen molar-refractivity contribution in [1.82, 2.24) is 0 Å². The lowest BCUT2D eigenvalue weighted by atomic mass is 9.72. The maximum Gasteiger partial charge on any atom is 0.263 e. The molecule has 28 heavy (non-hydrogen) atoms. The number of carbonyl (C=O) groups is 3. The Bertz CT molecular complexity index is 964.